The molecule has 3 rings (SSSR count). The lowest BCUT2D eigenvalue weighted by Crippen LogP contribution is -2.13. The minimum Gasteiger partial charge on any atom is -0.321 e. The van der Waals surface area contributed by atoms with Crippen molar-refractivity contribution >= 4 is 50.2 Å². The van der Waals surface area contributed by atoms with E-state index in [1.165, 1.54) is 18.2 Å². The Kier molecular flexibility index (Phi) is 5.31. The van der Waals surface area contributed by atoms with Crippen LogP contribution in [0.25, 0.3) is 0 Å². The molecule has 2 aromatic carbocycles. The van der Waals surface area contributed by atoms with Crippen LogP contribution in [0.4, 0.5) is 11.4 Å². The molecule has 26 heavy (non-hydrogen) atoms. The number of sulfonamides is 1. The van der Waals surface area contributed by atoms with Crippen molar-refractivity contribution in [3.8, 4) is 0 Å². The number of aryl methyl sites for hydroxylation is 1. The van der Waals surface area contributed by atoms with Crippen LogP contribution in [-0.4, -0.2) is 14.3 Å². The van der Waals surface area contributed by atoms with Gasteiger partial charge in [-0.1, -0.05) is 23.7 Å². The average molecular weight is 407 g/mol. The number of hydrogen-bond acceptors (Lipinski definition) is 4. The van der Waals surface area contributed by atoms with Crippen LogP contribution in [0.15, 0.2) is 64.2 Å². The van der Waals surface area contributed by atoms with Crippen molar-refractivity contribution in [3.63, 3.8) is 0 Å². The molecule has 1 aromatic heterocycles. The van der Waals surface area contributed by atoms with Crippen LogP contribution in [0.3, 0.4) is 0 Å². The lowest BCUT2D eigenvalue weighted by molar-refractivity contribution is 0.102. The van der Waals surface area contributed by atoms with Gasteiger partial charge in [-0.05, 0) is 60.3 Å². The molecular weight excluding hydrogens is 392 g/mol. The summed E-state index contributed by atoms with van der Waals surface area (Å²) in [5, 5.41) is 4.89. The highest BCUT2D eigenvalue weighted by atomic mass is 35.5. The third kappa shape index (κ3) is 4.24. The minimum absolute atomic E-state index is 0.230. The van der Waals surface area contributed by atoms with E-state index in [9.17, 15) is 13.2 Å². The minimum atomic E-state index is -3.61. The Morgan fingerprint density at radius 1 is 1.08 bits per heavy atom. The molecule has 5 nitrogen and oxygen atoms in total. The summed E-state index contributed by atoms with van der Waals surface area (Å²) in [6, 6.07) is 14.7. The zero-order valence-corrected chi connectivity index (χ0v) is 16.1. The van der Waals surface area contributed by atoms with E-state index in [1.54, 1.807) is 35.7 Å². The van der Waals surface area contributed by atoms with Crippen molar-refractivity contribution in [3.05, 3.63) is 76.1 Å². The maximum absolute atomic E-state index is 12.3. The highest BCUT2D eigenvalue weighted by Crippen LogP contribution is 2.24. The number of rotatable bonds is 5. The quantitative estimate of drug-likeness (QED) is 0.641. The van der Waals surface area contributed by atoms with Crippen LogP contribution in [0.2, 0.25) is 5.02 Å². The second-order valence-electron chi connectivity index (χ2n) is 5.55. The Balaban J connectivity index is 1.72. The number of halogens is 1. The Bertz CT molecular complexity index is 1030. The maximum Gasteiger partial charge on any atom is 0.271 e. The van der Waals surface area contributed by atoms with Gasteiger partial charge in [0, 0.05) is 11.3 Å². The summed E-state index contributed by atoms with van der Waals surface area (Å²) < 4.78 is 27.1. The topological polar surface area (TPSA) is 75.3 Å². The van der Waals surface area contributed by atoms with Crippen LogP contribution in [0.5, 0.6) is 0 Å². The molecule has 2 N–H and O–H groups in total. The summed E-state index contributed by atoms with van der Waals surface area (Å²) in [5.74, 6) is -0.330. The first-order chi connectivity index (χ1) is 12.3. The monoisotopic (exact) mass is 406 g/mol. The van der Waals surface area contributed by atoms with Gasteiger partial charge in [0.05, 0.1) is 10.7 Å². The summed E-state index contributed by atoms with van der Waals surface area (Å²) in [7, 11) is -3.61. The van der Waals surface area contributed by atoms with Gasteiger partial charge in [0.1, 0.15) is 4.21 Å². The maximum atomic E-state index is 12.3. The predicted octanol–water partition coefficient (Wildman–Crippen LogP) is 4.76. The molecule has 0 saturated heterocycles. The first-order valence-electron chi connectivity index (χ1n) is 7.59. The van der Waals surface area contributed by atoms with Gasteiger partial charge in [0.2, 0.25) is 0 Å². The number of thiophene rings is 1. The number of amides is 1. The van der Waals surface area contributed by atoms with E-state index in [2.05, 4.69) is 10.0 Å². The molecule has 3 aromatic rings. The van der Waals surface area contributed by atoms with E-state index in [1.807, 2.05) is 13.0 Å². The third-order valence-corrected chi connectivity index (χ3v) is 6.62. The molecule has 0 aliphatic carbocycles. The molecule has 134 valence electrons. The highest BCUT2D eigenvalue weighted by Gasteiger charge is 2.15. The van der Waals surface area contributed by atoms with E-state index in [-0.39, 0.29) is 10.1 Å². The summed E-state index contributed by atoms with van der Waals surface area (Å²) >= 11 is 7.25. The summed E-state index contributed by atoms with van der Waals surface area (Å²) in [5.41, 5.74) is 2.28. The number of nitrogens with one attached hydrogen (secondary N) is 2. The number of hydrogen-bond donors (Lipinski definition) is 2. The molecule has 0 atom stereocenters. The highest BCUT2D eigenvalue weighted by molar-refractivity contribution is 7.94. The average Bonchev–Trinajstić information content (AvgIpc) is 3.13. The van der Waals surface area contributed by atoms with E-state index >= 15 is 0 Å². The van der Waals surface area contributed by atoms with Gasteiger partial charge in [-0.3, -0.25) is 9.52 Å². The smallest absolute Gasteiger partial charge is 0.271 e. The zero-order chi connectivity index (χ0) is 18.7. The van der Waals surface area contributed by atoms with Crippen molar-refractivity contribution in [1.29, 1.82) is 0 Å². The van der Waals surface area contributed by atoms with Gasteiger partial charge in [-0.2, -0.15) is 0 Å². The van der Waals surface area contributed by atoms with Crippen molar-refractivity contribution in [2.45, 2.75) is 11.1 Å². The second-order valence-corrected chi connectivity index (χ2v) is 8.82. The summed E-state index contributed by atoms with van der Waals surface area (Å²) in [4.78, 5) is 12.3. The van der Waals surface area contributed by atoms with Crippen LogP contribution < -0.4 is 10.0 Å². The van der Waals surface area contributed by atoms with E-state index in [4.69, 9.17) is 11.6 Å². The molecule has 0 bridgehead atoms. The van der Waals surface area contributed by atoms with E-state index < -0.39 is 10.0 Å². The van der Waals surface area contributed by atoms with E-state index in [0.717, 1.165) is 16.9 Å². The Morgan fingerprint density at radius 2 is 1.81 bits per heavy atom. The number of benzene rings is 2. The number of anilines is 2. The van der Waals surface area contributed by atoms with Crippen LogP contribution in [0, 0.1) is 6.92 Å². The van der Waals surface area contributed by atoms with Gasteiger partial charge in [-0.15, -0.1) is 11.3 Å². The molecule has 0 aliphatic heterocycles. The molecule has 0 radical (unpaired) electrons. The Morgan fingerprint density at radius 3 is 2.42 bits per heavy atom. The van der Waals surface area contributed by atoms with Crippen LogP contribution >= 0.6 is 22.9 Å². The van der Waals surface area contributed by atoms with Crippen molar-refractivity contribution in [2.75, 3.05) is 10.0 Å². The molecule has 1 amide bonds. The lowest BCUT2D eigenvalue weighted by Gasteiger charge is -2.09. The molecule has 0 fully saturated rings. The molecule has 0 spiro atoms. The molecule has 1 heterocycles. The fraction of sp³-hybridized carbons (Fsp3) is 0.0556. The molecule has 0 unspecified atom stereocenters. The van der Waals surface area contributed by atoms with Gasteiger partial charge in [0.15, 0.2) is 0 Å². The standard InChI is InChI=1S/C18H15ClN2O3S2/c1-12-4-9-16(15(19)11-12)20-18(22)13-5-7-14(8-6-13)21-26(23,24)17-3-2-10-25-17/h2-11,21H,1H3,(H,20,22). The van der Waals surface area contributed by atoms with Crippen LogP contribution in [-0.2, 0) is 10.0 Å². The Hall–Kier alpha value is -2.35. The zero-order valence-electron chi connectivity index (χ0n) is 13.7. The fourth-order valence-corrected chi connectivity index (χ4v) is 4.56. The molecular formula is C18H15ClN2O3S2. The van der Waals surface area contributed by atoms with Crippen molar-refractivity contribution in [1.82, 2.24) is 0 Å². The second kappa shape index (κ2) is 7.49. The first kappa shape index (κ1) is 18.4. The predicted molar refractivity (Wildman–Crippen MR) is 106 cm³/mol. The third-order valence-electron chi connectivity index (χ3n) is 3.53. The Labute approximate surface area is 160 Å². The fourth-order valence-electron chi connectivity index (χ4n) is 2.23. The van der Waals surface area contributed by atoms with E-state index in [0.29, 0.717) is 22.0 Å². The lowest BCUT2D eigenvalue weighted by atomic mass is 10.2. The molecule has 0 saturated carbocycles. The van der Waals surface area contributed by atoms with Crippen molar-refractivity contribution < 1.29 is 13.2 Å². The van der Waals surface area contributed by atoms with Gasteiger partial charge in [0.25, 0.3) is 15.9 Å². The van der Waals surface area contributed by atoms with Gasteiger partial charge < -0.3 is 5.32 Å². The van der Waals surface area contributed by atoms with Crippen LogP contribution in [0.1, 0.15) is 15.9 Å². The van der Waals surface area contributed by atoms with Gasteiger partial charge in [-0.25, -0.2) is 8.42 Å². The number of carbonyl (C=O) groups is 1. The SMILES string of the molecule is Cc1ccc(NC(=O)c2ccc(NS(=O)(=O)c3cccs3)cc2)c(Cl)c1. The summed E-state index contributed by atoms with van der Waals surface area (Å²) in [6.45, 7) is 1.91. The number of carbonyl (C=O) groups excluding carboxylic acids is 1. The van der Waals surface area contributed by atoms with Crippen molar-refractivity contribution in [2.24, 2.45) is 0 Å². The molecule has 0 aliphatic rings. The summed E-state index contributed by atoms with van der Waals surface area (Å²) in [6.07, 6.45) is 0. The largest absolute Gasteiger partial charge is 0.321 e. The first-order valence-corrected chi connectivity index (χ1v) is 10.3. The normalized spacial score (nSPS) is 11.2. The molecule has 8 heteroatoms. The van der Waals surface area contributed by atoms with Gasteiger partial charge >= 0.3 is 0 Å².